The van der Waals surface area contributed by atoms with E-state index in [1.54, 1.807) is 23.1 Å². The van der Waals surface area contributed by atoms with Crippen LogP contribution in [0.2, 0.25) is 0 Å². The Bertz CT molecular complexity index is 1160. The number of H-pyrrole nitrogens is 1. The van der Waals surface area contributed by atoms with Crippen LogP contribution in [0.4, 0.5) is 0 Å². The number of nitrogens with one attached hydrogen (secondary N) is 1. The molecule has 0 atom stereocenters. The van der Waals surface area contributed by atoms with Crippen molar-refractivity contribution in [1.29, 1.82) is 0 Å². The lowest BCUT2D eigenvalue weighted by Crippen LogP contribution is -2.10. The standard InChI is InChI=1S/C18H17N5O2S/c1-10-15-16(22-23(10)8-12-9-26-11(2)19-12)18(24)21-17(20-15)13-6-4-5-7-14(13)25-3/h4-7,9H,8H2,1-3H3,(H,20,21,24). The van der Waals surface area contributed by atoms with Gasteiger partial charge in [0, 0.05) is 5.38 Å². The molecule has 0 fully saturated rings. The van der Waals surface area contributed by atoms with E-state index in [-0.39, 0.29) is 5.56 Å². The maximum Gasteiger partial charge on any atom is 0.279 e. The summed E-state index contributed by atoms with van der Waals surface area (Å²) in [6.07, 6.45) is 0. The third-order valence-corrected chi connectivity index (χ3v) is 5.01. The second kappa shape index (κ2) is 6.38. The van der Waals surface area contributed by atoms with Crippen molar-refractivity contribution in [3.8, 4) is 17.1 Å². The summed E-state index contributed by atoms with van der Waals surface area (Å²) in [6, 6.07) is 7.45. The molecule has 132 valence electrons. The van der Waals surface area contributed by atoms with Crippen molar-refractivity contribution < 1.29 is 4.74 Å². The quantitative estimate of drug-likeness (QED) is 0.599. The van der Waals surface area contributed by atoms with Crippen LogP contribution in [0.3, 0.4) is 0 Å². The van der Waals surface area contributed by atoms with E-state index < -0.39 is 0 Å². The molecule has 3 aromatic heterocycles. The Hall–Kier alpha value is -3.00. The molecule has 0 bridgehead atoms. The molecule has 0 aliphatic rings. The molecular weight excluding hydrogens is 350 g/mol. The number of ether oxygens (including phenoxy) is 1. The van der Waals surface area contributed by atoms with Crippen LogP contribution < -0.4 is 10.3 Å². The van der Waals surface area contributed by atoms with E-state index in [1.807, 2.05) is 43.5 Å². The molecule has 4 aromatic rings. The van der Waals surface area contributed by atoms with Crippen molar-refractivity contribution in [2.75, 3.05) is 7.11 Å². The fourth-order valence-corrected chi connectivity index (χ4v) is 3.49. The van der Waals surface area contributed by atoms with Gasteiger partial charge >= 0.3 is 0 Å². The summed E-state index contributed by atoms with van der Waals surface area (Å²) in [4.78, 5) is 24.5. The first kappa shape index (κ1) is 16.5. The highest BCUT2D eigenvalue weighted by molar-refractivity contribution is 7.09. The fraction of sp³-hybridized carbons (Fsp3) is 0.222. The summed E-state index contributed by atoms with van der Waals surface area (Å²) in [6.45, 7) is 4.38. The molecule has 0 spiro atoms. The molecule has 1 aromatic carbocycles. The Morgan fingerprint density at radius 1 is 1.19 bits per heavy atom. The summed E-state index contributed by atoms with van der Waals surface area (Å²) >= 11 is 1.59. The highest BCUT2D eigenvalue weighted by Gasteiger charge is 2.16. The first-order valence-electron chi connectivity index (χ1n) is 8.08. The zero-order chi connectivity index (χ0) is 18.3. The number of hydrogen-bond donors (Lipinski definition) is 1. The predicted molar refractivity (Wildman–Crippen MR) is 101 cm³/mol. The normalized spacial score (nSPS) is 11.2. The second-order valence-corrected chi connectivity index (χ2v) is 6.98. The van der Waals surface area contributed by atoms with Crippen LogP contribution in [0.5, 0.6) is 5.75 Å². The topological polar surface area (TPSA) is 85.7 Å². The predicted octanol–water partition coefficient (Wildman–Crippen LogP) is 2.92. The Morgan fingerprint density at radius 3 is 2.73 bits per heavy atom. The van der Waals surface area contributed by atoms with Crippen LogP contribution in [-0.2, 0) is 6.54 Å². The van der Waals surface area contributed by atoms with Gasteiger partial charge in [0.2, 0.25) is 0 Å². The average molecular weight is 367 g/mol. The van der Waals surface area contributed by atoms with Crippen molar-refractivity contribution in [3.05, 3.63) is 56.4 Å². The minimum Gasteiger partial charge on any atom is -0.496 e. The zero-order valence-corrected chi connectivity index (χ0v) is 15.4. The van der Waals surface area contributed by atoms with Crippen LogP contribution >= 0.6 is 11.3 Å². The van der Waals surface area contributed by atoms with E-state index in [9.17, 15) is 4.79 Å². The average Bonchev–Trinajstić information content (AvgIpc) is 3.19. The van der Waals surface area contributed by atoms with Gasteiger partial charge in [0.1, 0.15) is 17.1 Å². The lowest BCUT2D eigenvalue weighted by molar-refractivity contribution is 0.416. The third-order valence-electron chi connectivity index (χ3n) is 4.19. The molecule has 0 saturated heterocycles. The summed E-state index contributed by atoms with van der Waals surface area (Å²) in [7, 11) is 1.59. The Balaban J connectivity index is 1.84. The molecule has 0 unspecified atom stereocenters. The maximum absolute atomic E-state index is 12.6. The molecule has 26 heavy (non-hydrogen) atoms. The summed E-state index contributed by atoms with van der Waals surface area (Å²) in [5.41, 5.74) is 3.12. The maximum atomic E-state index is 12.6. The molecule has 0 radical (unpaired) electrons. The van der Waals surface area contributed by atoms with Gasteiger partial charge in [0.15, 0.2) is 5.52 Å². The van der Waals surface area contributed by atoms with Crippen molar-refractivity contribution in [1.82, 2.24) is 24.7 Å². The number of fused-ring (bicyclic) bond motifs is 1. The van der Waals surface area contributed by atoms with E-state index in [0.29, 0.717) is 29.2 Å². The molecule has 4 rings (SSSR count). The molecular formula is C18H17N5O2S. The summed E-state index contributed by atoms with van der Waals surface area (Å²) in [5.74, 6) is 1.12. The van der Waals surface area contributed by atoms with Gasteiger partial charge in [-0.15, -0.1) is 11.3 Å². The zero-order valence-electron chi connectivity index (χ0n) is 14.6. The smallest absolute Gasteiger partial charge is 0.279 e. The van der Waals surface area contributed by atoms with Crippen molar-refractivity contribution in [2.24, 2.45) is 0 Å². The molecule has 8 heteroatoms. The minimum atomic E-state index is -0.271. The number of aromatic nitrogens is 5. The number of thiazole rings is 1. The number of aryl methyl sites for hydroxylation is 2. The number of nitrogens with zero attached hydrogens (tertiary/aromatic N) is 4. The van der Waals surface area contributed by atoms with E-state index in [4.69, 9.17) is 4.74 Å². The van der Waals surface area contributed by atoms with Crippen molar-refractivity contribution in [2.45, 2.75) is 20.4 Å². The van der Waals surface area contributed by atoms with Gasteiger partial charge in [-0.2, -0.15) is 5.10 Å². The highest BCUT2D eigenvalue weighted by atomic mass is 32.1. The van der Waals surface area contributed by atoms with Gasteiger partial charge < -0.3 is 9.72 Å². The fourth-order valence-electron chi connectivity index (χ4n) is 2.89. The Morgan fingerprint density at radius 2 is 2.00 bits per heavy atom. The number of hydrogen-bond acceptors (Lipinski definition) is 6. The van der Waals surface area contributed by atoms with Crippen molar-refractivity contribution in [3.63, 3.8) is 0 Å². The highest BCUT2D eigenvalue weighted by Crippen LogP contribution is 2.27. The van der Waals surface area contributed by atoms with E-state index in [1.165, 1.54) is 0 Å². The molecule has 7 nitrogen and oxygen atoms in total. The molecule has 0 aliphatic heterocycles. The van der Waals surface area contributed by atoms with Crippen LogP contribution in [0.25, 0.3) is 22.4 Å². The van der Waals surface area contributed by atoms with Gasteiger partial charge in [-0.3, -0.25) is 9.48 Å². The van der Waals surface area contributed by atoms with Gasteiger partial charge in [0.25, 0.3) is 5.56 Å². The Labute approximate surface area is 153 Å². The monoisotopic (exact) mass is 367 g/mol. The van der Waals surface area contributed by atoms with Gasteiger partial charge in [-0.05, 0) is 26.0 Å². The number of methoxy groups -OCH3 is 1. The van der Waals surface area contributed by atoms with E-state index in [0.717, 1.165) is 22.0 Å². The lowest BCUT2D eigenvalue weighted by Gasteiger charge is -2.07. The minimum absolute atomic E-state index is 0.271. The van der Waals surface area contributed by atoms with E-state index >= 15 is 0 Å². The molecule has 1 N–H and O–H groups in total. The van der Waals surface area contributed by atoms with Crippen molar-refractivity contribution >= 4 is 22.4 Å². The third kappa shape index (κ3) is 2.78. The van der Waals surface area contributed by atoms with Crippen LogP contribution in [0, 0.1) is 13.8 Å². The molecule has 3 heterocycles. The lowest BCUT2D eigenvalue weighted by atomic mass is 10.2. The van der Waals surface area contributed by atoms with E-state index in [2.05, 4.69) is 20.1 Å². The number of aromatic amines is 1. The van der Waals surface area contributed by atoms with Crippen LogP contribution in [-0.4, -0.2) is 31.8 Å². The summed E-state index contributed by atoms with van der Waals surface area (Å²) in [5, 5.41) is 7.44. The van der Waals surface area contributed by atoms with Gasteiger partial charge in [-0.1, -0.05) is 12.1 Å². The molecule has 0 saturated carbocycles. The summed E-state index contributed by atoms with van der Waals surface area (Å²) < 4.78 is 7.15. The SMILES string of the molecule is COc1ccccc1-c1nc2c(C)n(Cc3csc(C)n3)nc2c(=O)[nH]1. The first-order valence-corrected chi connectivity index (χ1v) is 8.96. The number of rotatable bonds is 4. The molecule has 0 aliphatic carbocycles. The molecule has 0 amide bonds. The number of benzene rings is 1. The second-order valence-electron chi connectivity index (χ2n) is 5.91. The number of para-hydroxylation sites is 1. The largest absolute Gasteiger partial charge is 0.496 e. The van der Waals surface area contributed by atoms with Gasteiger partial charge in [0.05, 0.1) is 35.6 Å². The van der Waals surface area contributed by atoms with Gasteiger partial charge in [-0.25, -0.2) is 9.97 Å². The van der Waals surface area contributed by atoms with Crippen LogP contribution in [0.15, 0.2) is 34.4 Å². The van der Waals surface area contributed by atoms with Crippen LogP contribution in [0.1, 0.15) is 16.4 Å². The Kier molecular flexibility index (Phi) is 4.04. The first-order chi connectivity index (χ1) is 12.6.